The number of nitrogens with zero attached hydrogens (tertiary/aromatic N) is 1. The maximum atomic E-state index is 12.4. The molecule has 1 aromatic heterocycles. The molecule has 3 atom stereocenters. The minimum atomic E-state index is -0.302. The fourth-order valence-corrected chi connectivity index (χ4v) is 5.38. The van der Waals surface area contributed by atoms with Gasteiger partial charge in [0.2, 0.25) is 5.91 Å². The number of rotatable bonds is 4. The fraction of sp³-hybridized carbons (Fsp3) is 0.450. The number of thiazole rings is 1. The third kappa shape index (κ3) is 3.51. The molecule has 1 aromatic carbocycles. The van der Waals surface area contributed by atoms with Crippen LogP contribution in [0, 0.1) is 24.7 Å². The zero-order valence-corrected chi connectivity index (χ0v) is 15.6. The topological polar surface area (TPSA) is 71.1 Å². The van der Waals surface area contributed by atoms with Gasteiger partial charge >= 0.3 is 0 Å². The summed E-state index contributed by atoms with van der Waals surface area (Å²) in [6, 6.07) is 9.78. The molecule has 0 unspecified atom stereocenters. The number of fused-ring (bicyclic) bond motifs is 2. The Labute approximate surface area is 157 Å². The van der Waals surface area contributed by atoms with Gasteiger partial charge in [0.1, 0.15) is 9.88 Å². The standard InChI is InChI=1S/C20H23N3O2S/c1-12-18(26-20(21-12)14-5-3-2-4-6-14)19(25)23-22-17(24)11-16-10-13-7-8-15(16)9-13/h2-6,13,15-16H,7-11H2,1H3,(H,22,24)(H,23,25)/t13-,15+,16+/m0/s1. The normalized spacial score (nSPS) is 23.8. The lowest BCUT2D eigenvalue weighted by Crippen LogP contribution is -2.42. The van der Waals surface area contributed by atoms with Crippen molar-refractivity contribution in [1.82, 2.24) is 15.8 Å². The van der Waals surface area contributed by atoms with E-state index in [0.29, 0.717) is 28.8 Å². The number of hydrogen-bond acceptors (Lipinski definition) is 4. The SMILES string of the molecule is Cc1nc(-c2ccccc2)sc1C(=O)NNC(=O)C[C@H]1C[C@H]2CC[C@@H]1C2. The molecule has 2 amide bonds. The van der Waals surface area contributed by atoms with Gasteiger partial charge < -0.3 is 0 Å². The van der Waals surface area contributed by atoms with Crippen LogP contribution in [0.5, 0.6) is 0 Å². The molecule has 2 aliphatic carbocycles. The van der Waals surface area contributed by atoms with E-state index in [9.17, 15) is 9.59 Å². The summed E-state index contributed by atoms with van der Waals surface area (Å²) in [7, 11) is 0. The first-order valence-corrected chi connectivity index (χ1v) is 10.0. The number of hydrazine groups is 1. The smallest absolute Gasteiger partial charge is 0.273 e. The Morgan fingerprint density at radius 3 is 2.65 bits per heavy atom. The Morgan fingerprint density at radius 2 is 1.96 bits per heavy atom. The molecule has 26 heavy (non-hydrogen) atoms. The zero-order chi connectivity index (χ0) is 18.1. The molecule has 0 aliphatic heterocycles. The van der Waals surface area contributed by atoms with Crippen molar-refractivity contribution in [3.05, 3.63) is 40.9 Å². The maximum absolute atomic E-state index is 12.4. The van der Waals surface area contributed by atoms with E-state index in [4.69, 9.17) is 0 Å². The van der Waals surface area contributed by atoms with E-state index in [0.717, 1.165) is 16.5 Å². The van der Waals surface area contributed by atoms with Gasteiger partial charge in [-0.25, -0.2) is 4.98 Å². The van der Waals surface area contributed by atoms with Crippen LogP contribution in [0.2, 0.25) is 0 Å². The molecule has 6 heteroatoms. The van der Waals surface area contributed by atoms with Gasteiger partial charge in [-0.05, 0) is 43.9 Å². The lowest BCUT2D eigenvalue weighted by atomic mass is 9.86. The van der Waals surface area contributed by atoms with Crippen molar-refractivity contribution in [1.29, 1.82) is 0 Å². The molecular weight excluding hydrogens is 346 g/mol. The molecule has 0 spiro atoms. The van der Waals surface area contributed by atoms with Gasteiger partial charge in [0, 0.05) is 12.0 Å². The van der Waals surface area contributed by atoms with Gasteiger partial charge in [-0.2, -0.15) is 0 Å². The van der Waals surface area contributed by atoms with Crippen LogP contribution in [0.3, 0.4) is 0 Å². The monoisotopic (exact) mass is 369 g/mol. The molecule has 136 valence electrons. The average Bonchev–Trinajstić information content (AvgIpc) is 3.36. The third-order valence-corrected chi connectivity index (χ3v) is 6.88. The quantitative estimate of drug-likeness (QED) is 0.807. The summed E-state index contributed by atoms with van der Waals surface area (Å²) < 4.78 is 0. The Balaban J connectivity index is 1.33. The van der Waals surface area contributed by atoms with Crippen molar-refractivity contribution in [3.63, 3.8) is 0 Å². The minimum absolute atomic E-state index is 0.0960. The molecule has 0 saturated heterocycles. The lowest BCUT2D eigenvalue weighted by Gasteiger charge is -2.20. The highest BCUT2D eigenvalue weighted by Gasteiger charge is 2.40. The van der Waals surface area contributed by atoms with Crippen molar-refractivity contribution in [2.75, 3.05) is 0 Å². The molecule has 5 nitrogen and oxygen atoms in total. The Bertz CT molecular complexity index is 818. The molecule has 2 aliphatic rings. The molecule has 1 heterocycles. The van der Waals surface area contributed by atoms with Crippen LogP contribution in [-0.2, 0) is 4.79 Å². The van der Waals surface area contributed by atoms with Gasteiger partial charge in [-0.1, -0.05) is 36.8 Å². The number of carbonyl (C=O) groups is 2. The van der Waals surface area contributed by atoms with E-state index in [1.54, 1.807) is 0 Å². The predicted octanol–water partition coefficient (Wildman–Crippen LogP) is 3.71. The second-order valence-corrected chi connectivity index (χ2v) is 8.44. The van der Waals surface area contributed by atoms with Crippen molar-refractivity contribution in [3.8, 4) is 10.6 Å². The summed E-state index contributed by atoms with van der Waals surface area (Å²) in [5.74, 6) is 1.62. The van der Waals surface area contributed by atoms with Crippen LogP contribution in [0.4, 0.5) is 0 Å². The highest BCUT2D eigenvalue weighted by molar-refractivity contribution is 7.17. The number of aryl methyl sites for hydroxylation is 1. The number of hydrogen-bond donors (Lipinski definition) is 2. The second kappa shape index (κ2) is 7.19. The van der Waals surface area contributed by atoms with E-state index in [2.05, 4.69) is 15.8 Å². The van der Waals surface area contributed by atoms with Crippen LogP contribution in [0.1, 0.15) is 47.5 Å². The van der Waals surface area contributed by atoms with Gasteiger partial charge in [-0.3, -0.25) is 20.4 Å². The summed E-state index contributed by atoms with van der Waals surface area (Å²) >= 11 is 1.34. The lowest BCUT2D eigenvalue weighted by molar-refractivity contribution is -0.123. The van der Waals surface area contributed by atoms with Crippen LogP contribution in [0.15, 0.2) is 30.3 Å². The fourth-order valence-electron chi connectivity index (χ4n) is 4.41. The number of nitrogens with one attached hydrogen (secondary N) is 2. The van der Waals surface area contributed by atoms with Gasteiger partial charge in [0.15, 0.2) is 0 Å². The van der Waals surface area contributed by atoms with Crippen LogP contribution in [0.25, 0.3) is 10.6 Å². The van der Waals surface area contributed by atoms with E-state index in [1.807, 2.05) is 37.3 Å². The zero-order valence-electron chi connectivity index (χ0n) is 14.8. The summed E-state index contributed by atoms with van der Waals surface area (Å²) in [6.45, 7) is 1.81. The highest BCUT2D eigenvalue weighted by atomic mass is 32.1. The third-order valence-electron chi connectivity index (χ3n) is 5.67. The van der Waals surface area contributed by atoms with Crippen molar-refractivity contribution in [2.24, 2.45) is 17.8 Å². The van der Waals surface area contributed by atoms with Crippen LogP contribution in [-0.4, -0.2) is 16.8 Å². The minimum Gasteiger partial charge on any atom is -0.273 e. The van der Waals surface area contributed by atoms with E-state index >= 15 is 0 Å². The van der Waals surface area contributed by atoms with Crippen molar-refractivity contribution in [2.45, 2.75) is 39.0 Å². The van der Waals surface area contributed by atoms with Crippen molar-refractivity contribution < 1.29 is 9.59 Å². The number of carbonyl (C=O) groups excluding carboxylic acids is 2. The molecule has 0 radical (unpaired) electrons. The average molecular weight is 369 g/mol. The van der Waals surface area contributed by atoms with E-state index in [1.165, 1.54) is 37.0 Å². The van der Waals surface area contributed by atoms with Gasteiger partial charge in [0.05, 0.1) is 5.69 Å². The Kier molecular flexibility index (Phi) is 4.76. The molecule has 2 saturated carbocycles. The second-order valence-electron chi connectivity index (χ2n) is 7.44. The molecule has 2 bridgehead atoms. The largest absolute Gasteiger partial charge is 0.281 e. The first-order valence-electron chi connectivity index (χ1n) is 9.22. The Morgan fingerprint density at radius 1 is 1.15 bits per heavy atom. The predicted molar refractivity (Wildman–Crippen MR) is 101 cm³/mol. The Hall–Kier alpha value is -2.21. The molecule has 2 aromatic rings. The number of aromatic nitrogens is 1. The van der Waals surface area contributed by atoms with E-state index < -0.39 is 0 Å². The van der Waals surface area contributed by atoms with E-state index in [-0.39, 0.29) is 11.8 Å². The summed E-state index contributed by atoms with van der Waals surface area (Å²) in [5, 5.41) is 0.807. The number of amides is 2. The van der Waals surface area contributed by atoms with Crippen LogP contribution >= 0.6 is 11.3 Å². The first-order chi connectivity index (χ1) is 12.6. The molecule has 2 N–H and O–H groups in total. The summed E-state index contributed by atoms with van der Waals surface area (Å²) in [4.78, 5) is 29.6. The number of benzene rings is 1. The highest BCUT2D eigenvalue weighted by Crippen LogP contribution is 2.49. The summed E-state index contributed by atoms with van der Waals surface area (Å²) in [5.41, 5.74) is 6.80. The molecular formula is C20H23N3O2S. The van der Waals surface area contributed by atoms with Crippen molar-refractivity contribution >= 4 is 23.2 Å². The first kappa shape index (κ1) is 17.2. The van der Waals surface area contributed by atoms with Crippen LogP contribution < -0.4 is 10.9 Å². The van der Waals surface area contributed by atoms with Gasteiger partial charge in [0.25, 0.3) is 5.91 Å². The molecule has 2 fully saturated rings. The summed E-state index contributed by atoms with van der Waals surface area (Å²) in [6.07, 6.45) is 5.55. The van der Waals surface area contributed by atoms with Gasteiger partial charge in [-0.15, -0.1) is 11.3 Å². The maximum Gasteiger partial charge on any atom is 0.281 e. The molecule has 4 rings (SSSR count).